The first-order valence-corrected chi connectivity index (χ1v) is 6.17. The summed E-state index contributed by atoms with van der Waals surface area (Å²) in [4.78, 5) is 13.7. The van der Waals surface area contributed by atoms with E-state index in [4.69, 9.17) is 10.5 Å². The molecular weight excluding hydrogens is 284 g/mol. The van der Waals surface area contributed by atoms with E-state index >= 15 is 0 Å². The molecule has 5 heteroatoms. The Morgan fingerprint density at radius 1 is 1.47 bits per heavy atom. The molecule has 0 aliphatic heterocycles. The molecule has 1 aromatic rings. The predicted molar refractivity (Wildman–Crippen MR) is 72.0 cm³/mol. The van der Waals surface area contributed by atoms with Crippen molar-refractivity contribution in [1.82, 2.24) is 4.90 Å². The third-order valence-electron chi connectivity index (χ3n) is 2.21. The van der Waals surface area contributed by atoms with Gasteiger partial charge in [0.15, 0.2) is 0 Å². The van der Waals surface area contributed by atoms with Gasteiger partial charge in [0.25, 0.3) is 0 Å². The lowest BCUT2D eigenvalue weighted by molar-refractivity contribution is 0.0493. The Hall–Kier alpha value is -1.07. The molecule has 0 heterocycles. The van der Waals surface area contributed by atoms with E-state index in [0.29, 0.717) is 17.9 Å². The summed E-state index contributed by atoms with van der Waals surface area (Å²) in [7, 11) is 3.97. The van der Waals surface area contributed by atoms with Crippen molar-refractivity contribution in [3.05, 3.63) is 28.2 Å². The molecule has 1 aromatic carbocycles. The van der Waals surface area contributed by atoms with Gasteiger partial charge in [-0.3, -0.25) is 0 Å². The fraction of sp³-hybridized carbons (Fsp3) is 0.417. The predicted octanol–water partition coefficient (Wildman–Crippen LogP) is 2.14. The van der Waals surface area contributed by atoms with Crippen LogP contribution in [0, 0.1) is 0 Å². The van der Waals surface area contributed by atoms with E-state index in [1.54, 1.807) is 18.2 Å². The maximum Gasteiger partial charge on any atom is 0.338 e. The molecule has 0 aromatic heterocycles. The van der Waals surface area contributed by atoms with Crippen molar-refractivity contribution in [3.8, 4) is 0 Å². The zero-order chi connectivity index (χ0) is 12.8. The smallest absolute Gasteiger partial charge is 0.338 e. The summed E-state index contributed by atoms with van der Waals surface area (Å²) in [5.41, 5.74) is 6.71. The number of carbonyl (C=O) groups excluding carboxylic acids is 1. The van der Waals surface area contributed by atoms with Gasteiger partial charge in [0.1, 0.15) is 0 Å². The first-order chi connectivity index (χ1) is 8.00. The average molecular weight is 301 g/mol. The highest BCUT2D eigenvalue weighted by Gasteiger charge is 2.08. The van der Waals surface area contributed by atoms with Gasteiger partial charge >= 0.3 is 5.97 Å². The van der Waals surface area contributed by atoms with Crippen LogP contribution < -0.4 is 5.73 Å². The fourth-order valence-corrected chi connectivity index (χ4v) is 1.55. The van der Waals surface area contributed by atoms with E-state index in [1.807, 2.05) is 19.0 Å². The number of ether oxygens (including phenoxy) is 1. The number of hydrogen-bond donors (Lipinski definition) is 1. The van der Waals surface area contributed by atoms with Crippen LogP contribution in [-0.4, -0.2) is 38.1 Å². The number of anilines is 1. The summed E-state index contributed by atoms with van der Waals surface area (Å²) < 4.78 is 5.92. The van der Waals surface area contributed by atoms with E-state index in [-0.39, 0.29) is 5.97 Å². The van der Waals surface area contributed by atoms with Gasteiger partial charge in [-0.15, -0.1) is 0 Å². The van der Waals surface area contributed by atoms with Crippen molar-refractivity contribution in [1.29, 1.82) is 0 Å². The molecule has 0 amide bonds. The van der Waals surface area contributed by atoms with E-state index in [9.17, 15) is 4.79 Å². The van der Waals surface area contributed by atoms with Crippen LogP contribution in [0.3, 0.4) is 0 Å². The molecule has 0 saturated carbocycles. The molecule has 0 radical (unpaired) electrons. The van der Waals surface area contributed by atoms with Gasteiger partial charge < -0.3 is 15.4 Å². The maximum absolute atomic E-state index is 11.6. The highest BCUT2D eigenvalue weighted by atomic mass is 79.9. The van der Waals surface area contributed by atoms with Crippen molar-refractivity contribution >= 4 is 27.6 Å². The van der Waals surface area contributed by atoms with Crippen molar-refractivity contribution < 1.29 is 9.53 Å². The van der Waals surface area contributed by atoms with Gasteiger partial charge in [0.2, 0.25) is 0 Å². The monoisotopic (exact) mass is 300 g/mol. The summed E-state index contributed by atoms with van der Waals surface area (Å²) in [5.74, 6) is -0.331. The molecule has 0 saturated heterocycles. The van der Waals surface area contributed by atoms with Crippen LogP contribution in [-0.2, 0) is 4.74 Å². The number of halogens is 1. The maximum atomic E-state index is 11.6. The number of nitrogens with zero attached hydrogens (tertiary/aromatic N) is 1. The van der Waals surface area contributed by atoms with Gasteiger partial charge in [-0.05, 0) is 54.6 Å². The highest BCUT2D eigenvalue weighted by molar-refractivity contribution is 9.10. The Labute approximate surface area is 110 Å². The topological polar surface area (TPSA) is 55.6 Å². The molecule has 2 N–H and O–H groups in total. The summed E-state index contributed by atoms with van der Waals surface area (Å²) >= 11 is 3.28. The zero-order valence-electron chi connectivity index (χ0n) is 10.1. The van der Waals surface area contributed by atoms with E-state index < -0.39 is 0 Å². The number of rotatable bonds is 5. The number of esters is 1. The Morgan fingerprint density at radius 3 is 2.76 bits per heavy atom. The molecule has 4 nitrogen and oxygen atoms in total. The molecule has 94 valence electrons. The number of carbonyl (C=O) groups is 1. The zero-order valence-corrected chi connectivity index (χ0v) is 11.7. The number of nitrogen functional groups attached to an aromatic ring is 1. The lowest BCUT2D eigenvalue weighted by Gasteiger charge is -2.09. The van der Waals surface area contributed by atoms with E-state index in [1.165, 1.54) is 0 Å². The lowest BCUT2D eigenvalue weighted by atomic mass is 10.2. The summed E-state index contributed by atoms with van der Waals surface area (Å²) in [6, 6.07) is 5.04. The van der Waals surface area contributed by atoms with Gasteiger partial charge in [0.05, 0.1) is 12.2 Å². The third-order valence-corrected chi connectivity index (χ3v) is 2.94. The van der Waals surface area contributed by atoms with Gasteiger partial charge in [0, 0.05) is 16.7 Å². The quantitative estimate of drug-likeness (QED) is 0.514. The minimum absolute atomic E-state index is 0.331. The van der Waals surface area contributed by atoms with Crippen molar-refractivity contribution in [2.45, 2.75) is 6.42 Å². The van der Waals surface area contributed by atoms with Crippen molar-refractivity contribution in [2.75, 3.05) is 33.0 Å². The van der Waals surface area contributed by atoms with Crippen molar-refractivity contribution in [2.24, 2.45) is 0 Å². The summed E-state index contributed by atoms with van der Waals surface area (Å²) in [5, 5.41) is 0. The molecule has 1 rings (SSSR count). The van der Waals surface area contributed by atoms with Crippen LogP contribution in [0.1, 0.15) is 16.8 Å². The molecule has 0 aliphatic carbocycles. The molecule has 0 aliphatic rings. The van der Waals surface area contributed by atoms with Crippen molar-refractivity contribution in [3.63, 3.8) is 0 Å². The van der Waals surface area contributed by atoms with Crippen LogP contribution in [0.4, 0.5) is 5.69 Å². The highest BCUT2D eigenvalue weighted by Crippen LogP contribution is 2.20. The van der Waals surface area contributed by atoms with Crippen LogP contribution in [0.25, 0.3) is 0 Å². The fourth-order valence-electron chi connectivity index (χ4n) is 1.30. The first-order valence-electron chi connectivity index (χ1n) is 5.37. The summed E-state index contributed by atoms with van der Waals surface area (Å²) in [6.45, 7) is 1.32. The Kier molecular flexibility index (Phi) is 5.44. The van der Waals surface area contributed by atoms with Gasteiger partial charge in [-0.25, -0.2) is 4.79 Å². The standard InChI is InChI=1S/C12H17BrN2O2/c1-15(2)6-3-7-17-12(16)9-4-5-10(13)11(14)8-9/h4-5,8H,3,6-7,14H2,1-2H3. The Bertz CT molecular complexity index is 394. The van der Waals surface area contributed by atoms with Crippen LogP contribution >= 0.6 is 15.9 Å². The van der Waals surface area contributed by atoms with E-state index in [0.717, 1.165) is 17.4 Å². The summed E-state index contributed by atoms with van der Waals surface area (Å²) in [6.07, 6.45) is 0.824. The second-order valence-electron chi connectivity index (χ2n) is 4.03. The second-order valence-corrected chi connectivity index (χ2v) is 4.88. The second kappa shape index (κ2) is 6.61. The van der Waals surface area contributed by atoms with Crippen LogP contribution in [0.5, 0.6) is 0 Å². The Morgan fingerprint density at radius 2 is 2.18 bits per heavy atom. The molecule has 0 bridgehead atoms. The molecular formula is C12H17BrN2O2. The normalized spacial score (nSPS) is 10.6. The lowest BCUT2D eigenvalue weighted by Crippen LogP contribution is -2.16. The largest absolute Gasteiger partial charge is 0.462 e. The molecule has 0 spiro atoms. The molecule has 17 heavy (non-hydrogen) atoms. The molecule has 0 atom stereocenters. The molecule has 0 fully saturated rings. The van der Waals surface area contributed by atoms with Gasteiger partial charge in [-0.2, -0.15) is 0 Å². The molecule has 0 unspecified atom stereocenters. The van der Waals surface area contributed by atoms with Crippen LogP contribution in [0.15, 0.2) is 22.7 Å². The van der Waals surface area contributed by atoms with Crippen LogP contribution in [0.2, 0.25) is 0 Å². The number of nitrogens with two attached hydrogens (primary N) is 1. The third kappa shape index (κ3) is 4.75. The minimum Gasteiger partial charge on any atom is -0.462 e. The SMILES string of the molecule is CN(C)CCCOC(=O)c1ccc(Br)c(N)c1. The Balaban J connectivity index is 2.44. The average Bonchev–Trinajstić information content (AvgIpc) is 2.27. The minimum atomic E-state index is -0.331. The number of benzene rings is 1. The number of hydrogen-bond acceptors (Lipinski definition) is 4. The van der Waals surface area contributed by atoms with E-state index in [2.05, 4.69) is 15.9 Å². The van der Waals surface area contributed by atoms with Gasteiger partial charge in [-0.1, -0.05) is 0 Å². The first kappa shape index (κ1) is 14.0.